The molecule has 0 nitrogen and oxygen atoms in total. The van der Waals surface area contributed by atoms with E-state index < -0.39 is 5.41 Å². The molecule has 0 saturated carbocycles. The lowest BCUT2D eigenvalue weighted by atomic mass is 9.67. The summed E-state index contributed by atoms with van der Waals surface area (Å²) in [6.07, 6.45) is 0. The Balaban J connectivity index is 1.86. The average molecular weight is 465 g/mol. The Labute approximate surface area is 189 Å². The molecule has 0 atom stereocenters. The van der Waals surface area contributed by atoms with Crippen LogP contribution in [0.15, 0.2) is 114 Å². The van der Waals surface area contributed by atoms with Crippen LogP contribution in [-0.4, -0.2) is 0 Å². The summed E-state index contributed by atoms with van der Waals surface area (Å²) >= 11 is 3.71. The molecule has 5 aromatic carbocycles. The van der Waals surface area contributed by atoms with Gasteiger partial charge in [0.15, 0.2) is 0 Å². The molecule has 0 saturated heterocycles. The molecule has 0 bridgehead atoms. The summed E-state index contributed by atoms with van der Waals surface area (Å²) in [5.74, 6) is -0.184. The zero-order chi connectivity index (χ0) is 21.0. The van der Waals surface area contributed by atoms with Gasteiger partial charge in [-0.05, 0) is 57.0 Å². The Kier molecular flexibility index (Phi) is 4.12. The first kappa shape index (κ1) is 18.5. The van der Waals surface area contributed by atoms with Crippen LogP contribution in [0.5, 0.6) is 0 Å². The molecular weight excluding hydrogens is 447 g/mol. The van der Waals surface area contributed by atoms with Crippen molar-refractivity contribution in [1.82, 2.24) is 0 Å². The highest BCUT2D eigenvalue weighted by molar-refractivity contribution is 9.10. The van der Waals surface area contributed by atoms with Crippen LogP contribution in [0, 0.1) is 5.82 Å². The molecule has 1 aliphatic rings. The van der Waals surface area contributed by atoms with Crippen LogP contribution in [-0.2, 0) is 5.41 Å². The molecule has 0 fully saturated rings. The highest BCUT2D eigenvalue weighted by atomic mass is 79.9. The van der Waals surface area contributed by atoms with Gasteiger partial charge in [0.2, 0.25) is 0 Å². The molecule has 6 rings (SSSR count). The Morgan fingerprint density at radius 3 is 1.94 bits per heavy atom. The van der Waals surface area contributed by atoms with Gasteiger partial charge < -0.3 is 0 Å². The monoisotopic (exact) mass is 464 g/mol. The van der Waals surface area contributed by atoms with Gasteiger partial charge in [-0.25, -0.2) is 4.39 Å². The van der Waals surface area contributed by atoms with Gasteiger partial charge in [0.05, 0.1) is 5.41 Å². The van der Waals surface area contributed by atoms with Crippen LogP contribution < -0.4 is 0 Å². The molecule has 0 amide bonds. The molecule has 1 aliphatic carbocycles. The smallest absolute Gasteiger partial charge is 0.131 e. The first-order valence-corrected chi connectivity index (χ1v) is 11.1. The zero-order valence-electron chi connectivity index (χ0n) is 16.6. The van der Waals surface area contributed by atoms with E-state index in [0.29, 0.717) is 5.39 Å². The molecule has 0 unspecified atom stereocenters. The minimum Gasteiger partial charge on any atom is -0.206 e. The van der Waals surface area contributed by atoms with Crippen molar-refractivity contribution in [2.45, 2.75) is 5.41 Å². The second-order valence-corrected chi connectivity index (χ2v) is 8.91. The van der Waals surface area contributed by atoms with E-state index in [4.69, 9.17) is 0 Å². The van der Waals surface area contributed by atoms with E-state index in [-0.39, 0.29) is 5.82 Å². The van der Waals surface area contributed by atoms with Crippen molar-refractivity contribution < 1.29 is 4.39 Å². The van der Waals surface area contributed by atoms with Gasteiger partial charge in [0.1, 0.15) is 5.82 Å². The van der Waals surface area contributed by atoms with Crippen molar-refractivity contribution >= 4 is 26.7 Å². The summed E-state index contributed by atoms with van der Waals surface area (Å²) in [6, 6.07) is 37.2. The molecule has 0 heterocycles. The topological polar surface area (TPSA) is 0 Å². The second-order valence-electron chi connectivity index (χ2n) is 8.00. The molecule has 148 valence electrons. The van der Waals surface area contributed by atoms with Crippen LogP contribution in [0.25, 0.3) is 21.9 Å². The summed E-state index contributed by atoms with van der Waals surface area (Å²) in [6.45, 7) is 0. The third-order valence-electron chi connectivity index (χ3n) is 6.48. The van der Waals surface area contributed by atoms with Gasteiger partial charge in [-0.15, -0.1) is 0 Å². The van der Waals surface area contributed by atoms with Gasteiger partial charge in [-0.1, -0.05) is 107 Å². The highest BCUT2D eigenvalue weighted by Gasteiger charge is 2.46. The lowest BCUT2D eigenvalue weighted by Gasteiger charge is -2.34. The summed E-state index contributed by atoms with van der Waals surface area (Å²) in [5, 5.41) is 1.61. The predicted octanol–water partition coefficient (Wildman–Crippen LogP) is 8.10. The highest BCUT2D eigenvalue weighted by Crippen LogP contribution is 2.58. The molecule has 5 aromatic rings. The summed E-state index contributed by atoms with van der Waals surface area (Å²) in [7, 11) is 0. The molecule has 0 N–H and O–H groups in total. The standard InChI is InChI=1S/C29H18BrF/c30-21-14-15-24-26(18-21)29(19-8-3-1-4-9-19,20-10-5-2-6-11-20)25-17-16-22-23(28(24)25)12-7-13-27(22)31/h1-18H. The second kappa shape index (κ2) is 6.90. The number of hydrogen-bond donors (Lipinski definition) is 0. The van der Waals surface area contributed by atoms with E-state index in [1.54, 1.807) is 0 Å². The van der Waals surface area contributed by atoms with Gasteiger partial charge in [-0.3, -0.25) is 0 Å². The number of benzene rings is 5. The van der Waals surface area contributed by atoms with Crippen molar-refractivity contribution in [2.24, 2.45) is 0 Å². The van der Waals surface area contributed by atoms with Crippen LogP contribution in [0.4, 0.5) is 4.39 Å². The SMILES string of the molecule is Fc1cccc2c3c(ccc12)C(c1ccccc1)(c1ccccc1)c1cc(Br)ccc1-3. The van der Waals surface area contributed by atoms with Crippen molar-refractivity contribution in [3.63, 3.8) is 0 Å². The maximum Gasteiger partial charge on any atom is 0.131 e. The number of rotatable bonds is 2. The van der Waals surface area contributed by atoms with Crippen molar-refractivity contribution in [3.05, 3.63) is 142 Å². The minimum absolute atomic E-state index is 0.184. The quantitative estimate of drug-likeness (QED) is 0.242. The Bertz CT molecular complexity index is 1400. The number of halogens is 2. The Hall–Kier alpha value is -3.23. The van der Waals surface area contributed by atoms with Gasteiger partial charge in [-0.2, -0.15) is 0 Å². The van der Waals surface area contributed by atoms with Crippen LogP contribution in [0.2, 0.25) is 0 Å². The summed E-state index contributed by atoms with van der Waals surface area (Å²) in [4.78, 5) is 0. The minimum atomic E-state index is -0.475. The fourth-order valence-electron chi connectivity index (χ4n) is 5.28. The van der Waals surface area contributed by atoms with Gasteiger partial charge >= 0.3 is 0 Å². The molecule has 0 spiro atoms. The van der Waals surface area contributed by atoms with Gasteiger partial charge in [0.25, 0.3) is 0 Å². The van der Waals surface area contributed by atoms with Crippen molar-refractivity contribution in [1.29, 1.82) is 0 Å². The van der Waals surface area contributed by atoms with Crippen LogP contribution in [0.1, 0.15) is 22.3 Å². The average Bonchev–Trinajstić information content (AvgIpc) is 3.11. The van der Waals surface area contributed by atoms with E-state index in [9.17, 15) is 4.39 Å². The van der Waals surface area contributed by atoms with E-state index in [2.05, 4.69) is 101 Å². The van der Waals surface area contributed by atoms with E-state index in [1.165, 1.54) is 28.3 Å². The number of fused-ring (bicyclic) bond motifs is 5. The fraction of sp³-hybridized carbons (Fsp3) is 0.0345. The lowest BCUT2D eigenvalue weighted by Crippen LogP contribution is -2.28. The Morgan fingerprint density at radius 2 is 1.26 bits per heavy atom. The van der Waals surface area contributed by atoms with E-state index in [0.717, 1.165) is 21.0 Å². The van der Waals surface area contributed by atoms with Crippen molar-refractivity contribution in [3.8, 4) is 11.1 Å². The molecule has 0 radical (unpaired) electrons. The summed E-state index contributed by atoms with van der Waals surface area (Å²) in [5.41, 5.74) is 6.61. The first-order valence-electron chi connectivity index (χ1n) is 10.3. The zero-order valence-corrected chi connectivity index (χ0v) is 18.2. The lowest BCUT2D eigenvalue weighted by molar-refractivity contribution is 0.640. The van der Waals surface area contributed by atoms with Crippen LogP contribution in [0.3, 0.4) is 0 Å². The maximum atomic E-state index is 14.7. The molecule has 0 aromatic heterocycles. The predicted molar refractivity (Wildman–Crippen MR) is 129 cm³/mol. The largest absolute Gasteiger partial charge is 0.206 e. The number of hydrogen-bond acceptors (Lipinski definition) is 0. The molecule has 2 heteroatoms. The molecule has 0 aliphatic heterocycles. The summed E-state index contributed by atoms with van der Waals surface area (Å²) < 4.78 is 15.8. The normalized spacial score (nSPS) is 13.7. The van der Waals surface area contributed by atoms with Crippen molar-refractivity contribution in [2.75, 3.05) is 0 Å². The maximum absolute atomic E-state index is 14.7. The van der Waals surface area contributed by atoms with E-state index in [1.807, 2.05) is 18.2 Å². The fourth-order valence-corrected chi connectivity index (χ4v) is 5.64. The third-order valence-corrected chi connectivity index (χ3v) is 6.97. The molecule has 31 heavy (non-hydrogen) atoms. The van der Waals surface area contributed by atoms with Crippen LogP contribution >= 0.6 is 15.9 Å². The first-order chi connectivity index (χ1) is 15.2. The Morgan fingerprint density at radius 1 is 0.581 bits per heavy atom. The molecular formula is C29H18BrF. The van der Waals surface area contributed by atoms with E-state index >= 15 is 0 Å². The third kappa shape index (κ3) is 2.52. The van der Waals surface area contributed by atoms with Gasteiger partial charge in [0, 0.05) is 9.86 Å².